The molecule has 0 bridgehead atoms. The molecule has 0 spiro atoms. The van der Waals surface area contributed by atoms with Gasteiger partial charge < -0.3 is 10.1 Å². The van der Waals surface area contributed by atoms with Gasteiger partial charge in [-0.15, -0.1) is 0 Å². The average Bonchev–Trinajstić information content (AvgIpc) is 2.82. The molecule has 7 heteroatoms. The van der Waals surface area contributed by atoms with Gasteiger partial charge in [-0.25, -0.2) is 8.42 Å². The SMILES string of the molecule is CC[C@H](NC(=O)CN(c1ccccc1C)S(=O)(=O)c1ccccc1)c1ccc(OC)c(C)c1. The lowest BCUT2D eigenvalue weighted by Crippen LogP contribution is -2.42. The van der Waals surface area contributed by atoms with Crippen molar-refractivity contribution in [2.45, 2.75) is 38.1 Å². The van der Waals surface area contributed by atoms with E-state index in [1.807, 2.05) is 51.1 Å². The highest BCUT2D eigenvalue weighted by molar-refractivity contribution is 7.92. The van der Waals surface area contributed by atoms with Crippen LogP contribution in [0.5, 0.6) is 5.75 Å². The van der Waals surface area contributed by atoms with Gasteiger partial charge in [0.1, 0.15) is 12.3 Å². The van der Waals surface area contributed by atoms with Crippen molar-refractivity contribution in [3.8, 4) is 5.75 Å². The maximum atomic E-state index is 13.5. The van der Waals surface area contributed by atoms with Crippen molar-refractivity contribution < 1.29 is 17.9 Å². The number of rotatable bonds is 9. The van der Waals surface area contributed by atoms with Gasteiger partial charge >= 0.3 is 0 Å². The molecule has 0 saturated carbocycles. The molecule has 0 heterocycles. The first-order valence-corrected chi connectivity index (χ1v) is 12.3. The number of carbonyl (C=O) groups is 1. The Morgan fingerprint density at radius 2 is 1.64 bits per heavy atom. The minimum atomic E-state index is -3.94. The Labute approximate surface area is 196 Å². The fourth-order valence-electron chi connectivity index (χ4n) is 3.77. The molecule has 0 radical (unpaired) electrons. The van der Waals surface area contributed by atoms with E-state index >= 15 is 0 Å². The summed E-state index contributed by atoms with van der Waals surface area (Å²) >= 11 is 0. The molecule has 0 saturated heterocycles. The van der Waals surface area contributed by atoms with Crippen LogP contribution in [0.25, 0.3) is 0 Å². The first kappa shape index (κ1) is 24.3. The van der Waals surface area contributed by atoms with Gasteiger partial charge in [-0.3, -0.25) is 9.10 Å². The molecule has 1 N–H and O–H groups in total. The Balaban J connectivity index is 1.90. The lowest BCUT2D eigenvalue weighted by molar-refractivity contribution is -0.120. The molecular formula is C26H30N2O4S. The van der Waals surface area contributed by atoms with Crippen molar-refractivity contribution >= 4 is 21.6 Å². The summed E-state index contributed by atoms with van der Waals surface area (Å²) in [6.45, 7) is 5.43. The van der Waals surface area contributed by atoms with Crippen molar-refractivity contribution in [3.63, 3.8) is 0 Å². The van der Waals surface area contributed by atoms with Crippen LogP contribution in [0.2, 0.25) is 0 Å². The largest absolute Gasteiger partial charge is 0.496 e. The molecule has 1 atom stereocenters. The summed E-state index contributed by atoms with van der Waals surface area (Å²) in [5.74, 6) is 0.401. The molecule has 3 rings (SSSR count). The van der Waals surface area contributed by atoms with E-state index in [4.69, 9.17) is 4.74 Å². The second-order valence-electron chi connectivity index (χ2n) is 7.87. The number of nitrogens with one attached hydrogen (secondary N) is 1. The Bertz CT molecular complexity index is 1210. The molecular weight excluding hydrogens is 436 g/mol. The second-order valence-corrected chi connectivity index (χ2v) is 9.73. The Morgan fingerprint density at radius 1 is 0.970 bits per heavy atom. The first-order valence-electron chi connectivity index (χ1n) is 10.8. The van der Waals surface area contributed by atoms with Gasteiger partial charge in [0.05, 0.1) is 23.7 Å². The van der Waals surface area contributed by atoms with Crippen molar-refractivity contribution in [1.29, 1.82) is 0 Å². The molecule has 6 nitrogen and oxygen atoms in total. The zero-order valence-corrected chi connectivity index (χ0v) is 20.2. The lowest BCUT2D eigenvalue weighted by atomic mass is 10.0. The van der Waals surface area contributed by atoms with Crippen LogP contribution in [-0.2, 0) is 14.8 Å². The predicted molar refractivity (Wildman–Crippen MR) is 131 cm³/mol. The predicted octanol–water partition coefficient (Wildman–Crippen LogP) is 4.77. The molecule has 0 aliphatic rings. The van der Waals surface area contributed by atoms with E-state index in [0.29, 0.717) is 12.1 Å². The summed E-state index contributed by atoms with van der Waals surface area (Å²) in [4.78, 5) is 13.3. The van der Waals surface area contributed by atoms with Gasteiger partial charge in [0.15, 0.2) is 0 Å². The van der Waals surface area contributed by atoms with Crippen molar-refractivity contribution in [3.05, 3.63) is 89.5 Å². The molecule has 0 aliphatic carbocycles. The summed E-state index contributed by atoms with van der Waals surface area (Å²) in [5.41, 5.74) is 3.15. The number of methoxy groups -OCH3 is 1. The smallest absolute Gasteiger partial charge is 0.264 e. The Hall–Kier alpha value is -3.32. The maximum Gasteiger partial charge on any atom is 0.264 e. The van der Waals surface area contributed by atoms with Crippen molar-refractivity contribution in [2.24, 2.45) is 0 Å². The van der Waals surface area contributed by atoms with Crippen LogP contribution >= 0.6 is 0 Å². The fraction of sp³-hybridized carbons (Fsp3) is 0.269. The van der Waals surface area contributed by atoms with Gasteiger partial charge in [0, 0.05) is 0 Å². The van der Waals surface area contributed by atoms with Gasteiger partial charge in [-0.05, 0) is 61.2 Å². The quantitative estimate of drug-likeness (QED) is 0.493. The minimum Gasteiger partial charge on any atom is -0.496 e. The van der Waals surface area contributed by atoms with E-state index in [-0.39, 0.29) is 23.4 Å². The van der Waals surface area contributed by atoms with Crippen LogP contribution in [0.3, 0.4) is 0 Å². The molecule has 3 aromatic carbocycles. The van der Waals surface area contributed by atoms with Crippen LogP contribution in [0.15, 0.2) is 77.7 Å². The molecule has 33 heavy (non-hydrogen) atoms. The van der Waals surface area contributed by atoms with E-state index in [9.17, 15) is 13.2 Å². The second kappa shape index (κ2) is 10.5. The lowest BCUT2D eigenvalue weighted by Gasteiger charge is -2.27. The van der Waals surface area contributed by atoms with E-state index < -0.39 is 10.0 Å². The standard InChI is InChI=1S/C26H30N2O4S/c1-5-23(21-15-16-25(32-4)20(3)17-21)27-26(29)18-28(24-14-10-9-11-19(24)2)33(30,31)22-12-7-6-8-13-22/h6-17,23H,5,18H2,1-4H3,(H,27,29)/t23-/m0/s1. The molecule has 174 valence electrons. The summed E-state index contributed by atoms with van der Waals surface area (Å²) in [7, 11) is -2.32. The van der Waals surface area contributed by atoms with Gasteiger partial charge in [-0.2, -0.15) is 0 Å². The number of para-hydroxylation sites is 1. The number of hydrogen-bond acceptors (Lipinski definition) is 4. The van der Waals surface area contributed by atoms with E-state index in [2.05, 4.69) is 5.32 Å². The summed E-state index contributed by atoms with van der Waals surface area (Å²) in [5, 5.41) is 3.01. The topological polar surface area (TPSA) is 75.7 Å². The molecule has 0 aliphatic heterocycles. The van der Waals surface area contributed by atoms with Crippen molar-refractivity contribution in [1.82, 2.24) is 5.32 Å². The summed E-state index contributed by atoms with van der Waals surface area (Å²) in [6.07, 6.45) is 0.660. The number of anilines is 1. The monoisotopic (exact) mass is 466 g/mol. The van der Waals surface area contributed by atoms with Gasteiger partial charge in [0.2, 0.25) is 5.91 Å². The molecule has 3 aromatic rings. The van der Waals surface area contributed by atoms with Crippen LogP contribution in [0, 0.1) is 13.8 Å². The molecule has 0 unspecified atom stereocenters. The zero-order valence-electron chi connectivity index (χ0n) is 19.4. The zero-order chi connectivity index (χ0) is 24.0. The highest BCUT2D eigenvalue weighted by Gasteiger charge is 2.28. The number of ether oxygens (including phenoxy) is 1. The number of carbonyl (C=O) groups excluding carboxylic acids is 1. The van der Waals surface area contributed by atoms with Crippen LogP contribution in [0.1, 0.15) is 36.1 Å². The first-order chi connectivity index (χ1) is 15.8. The minimum absolute atomic E-state index is 0.138. The third kappa shape index (κ3) is 5.54. The number of nitrogens with zero attached hydrogens (tertiary/aromatic N) is 1. The molecule has 0 aromatic heterocycles. The maximum absolute atomic E-state index is 13.5. The summed E-state index contributed by atoms with van der Waals surface area (Å²) in [6, 6.07) is 20.8. The van der Waals surface area contributed by atoms with E-state index in [1.54, 1.807) is 37.4 Å². The van der Waals surface area contributed by atoms with Crippen LogP contribution in [-0.4, -0.2) is 28.0 Å². The fourth-order valence-corrected chi connectivity index (χ4v) is 5.28. The Kier molecular flexibility index (Phi) is 7.76. The number of aryl methyl sites for hydroxylation is 2. The number of benzene rings is 3. The van der Waals surface area contributed by atoms with Crippen LogP contribution < -0.4 is 14.4 Å². The normalized spacial score (nSPS) is 12.1. The third-order valence-electron chi connectivity index (χ3n) is 5.57. The third-order valence-corrected chi connectivity index (χ3v) is 7.34. The molecule has 1 amide bonds. The van der Waals surface area contributed by atoms with Crippen LogP contribution in [0.4, 0.5) is 5.69 Å². The number of sulfonamides is 1. The van der Waals surface area contributed by atoms with Gasteiger partial charge in [-0.1, -0.05) is 55.5 Å². The summed E-state index contributed by atoms with van der Waals surface area (Å²) < 4.78 is 33.5. The number of amides is 1. The van der Waals surface area contributed by atoms with Gasteiger partial charge in [0.25, 0.3) is 10.0 Å². The molecule has 0 fully saturated rings. The number of hydrogen-bond donors (Lipinski definition) is 1. The van der Waals surface area contributed by atoms with E-state index in [1.165, 1.54) is 16.4 Å². The van der Waals surface area contributed by atoms with E-state index in [0.717, 1.165) is 22.4 Å². The highest BCUT2D eigenvalue weighted by atomic mass is 32.2. The average molecular weight is 467 g/mol. The Morgan fingerprint density at radius 3 is 2.24 bits per heavy atom. The van der Waals surface area contributed by atoms with Crippen molar-refractivity contribution in [2.75, 3.05) is 18.0 Å². The highest BCUT2D eigenvalue weighted by Crippen LogP contribution is 2.27.